The van der Waals surface area contributed by atoms with Crippen LogP contribution in [0, 0.1) is 6.92 Å². The standard InChI is InChI=1S/C15H15Cl2N3O4S/c1-10-8-13(18-24-10)15(21)19-4-6-20(7-5-19)25(22,23)14-9-11(16)2-3-12(14)17/h2-3,8-9H,4-7H2,1H3. The summed E-state index contributed by atoms with van der Waals surface area (Å²) in [6.45, 7) is 2.52. The van der Waals surface area contributed by atoms with Crippen LogP contribution in [-0.2, 0) is 10.0 Å². The molecule has 0 N–H and O–H groups in total. The number of carbonyl (C=O) groups is 1. The predicted octanol–water partition coefficient (Wildman–Crippen LogP) is 2.44. The van der Waals surface area contributed by atoms with E-state index in [1.54, 1.807) is 17.9 Å². The van der Waals surface area contributed by atoms with Crippen LogP contribution in [0.4, 0.5) is 0 Å². The number of rotatable bonds is 3. The Labute approximate surface area is 155 Å². The van der Waals surface area contributed by atoms with E-state index in [1.807, 2.05) is 0 Å². The highest BCUT2D eigenvalue weighted by Gasteiger charge is 2.32. The maximum absolute atomic E-state index is 12.8. The fraction of sp³-hybridized carbons (Fsp3) is 0.333. The minimum absolute atomic E-state index is 0.0337. The van der Waals surface area contributed by atoms with Gasteiger partial charge in [0.1, 0.15) is 10.7 Å². The van der Waals surface area contributed by atoms with Crippen molar-refractivity contribution in [3.8, 4) is 0 Å². The molecule has 1 aliphatic heterocycles. The summed E-state index contributed by atoms with van der Waals surface area (Å²) < 4.78 is 31.7. The van der Waals surface area contributed by atoms with E-state index < -0.39 is 10.0 Å². The van der Waals surface area contributed by atoms with Crippen LogP contribution in [0.5, 0.6) is 0 Å². The summed E-state index contributed by atoms with van der Waals surface area (Å²) in [5, 5.41) is 4.10. The van der Waals surface area contributed by atoms with Gasteiger partial charge < -0.3 is 9.42 Å². The SMILES string of the molecule is Cc1cc(C(=O)N2CCN(S(=O)(=O)c3cc(Cl)ccc3Cl)CC2)no1. The Balaban J connectivity index is 1.73. The summed E-state index contributed by atoms with van der Waals surface area (Å²) in [6.07, 6.45) is 0. The third-order valence-corrected chi connectivity index (χ3v) is 6.50. The number of amides is 1. The lowest BCUT2D eigenvalue weighted by Gasteiger charge is -2.33. The first-order chi connectivity index (χ1) is 11.8. The molecular weight excluding hydrogens is 389 g/mol. The second-order valence-electron chi connectivity index (χ2n) is 5.59. The fourth-order valence-corrected chi connectivity index (χ4v) is 4.73. The Morgan fingerprint density at radius 2 is 1.84 bits per heavy atom. The summed E-state index contributed by atoms with van der Waals surface area (Å²) in [5.41, 5.74) is 0.215. The first kappa shape index (κ1) is 18.2. The first-order valence-corrected chi connectivity index (χ1v) is 9.66. The van der Waals surface area contributed by atoms with Crippen LogP contribution in [0.3, 0.4) is 0 Å². The molecule has 0 aliphatic carbocycles. The molecule has 0 unspecified atom stereocenters. The summed E-state index contributed by atoms with van der Waals surface area (Å²) in [6, 6.07) is 5.86. The number of carbonyl (C=O) groups excluding carboxylic acids is 1. The van der Waals surface area contributed by atoms with Crippen LogP contribution in [0.2, 0.25) is 10.0 Å². The molecule has 25 heavy (non-hydrogen) atoms. The van der Waals surface area contributed by atoms with Gasteiger partial charge in [-0.2, -0.15) is 4.31 Å². The summed E-state index contributed by atoms with van der Waals surface area (Å²) >= 11 is 11.9. The maximum atomic E-state index is 12.8. The number of hydrogen-bond acceptors (Lipinski definition) is 5. The second-order valence-corrected chi connectivity index (χ2v) is 8.34. The molecule has 1 aromatic carbocycles. The molecule has 0 atom stereocenters. The van der Waals surface area contributed by atoms with Crippen molar-refractivity contribution in [3.63, 3.8) is 0 Å². The lowest BCUT2D eigenvalue weighted by molar-refractivity contribution is 0.0687. The minimum atomic E-state index is -3.78. The van der Waals surface area contributed by atoms with E-state index in [1.165, 1.54) is 22.5 Å². The van der Waals surface area contributed by atoms with Crippen molar-refractivity contribution >= 4 is 39.1 Å². The van der Waals surface area contributed by atoms with Crippen LogP contribution in [-0.4, -0.2) is 54.9 Å². The summed E-state index contributed by atoms with van der Waals surface area (Å²) in [4.78, 5) is 13.8. The Morgan fingerprint density at radius 3 is 2.44 bits per heavy atom. The van der Waals surface area contributed by atoms with E-state index in [0.717, 1.165) is 0 Å². The normalized spacial score (nSPS) is 16.2. The number of halogens is 2. The minimum Gasteiger partial charge on any atom is -0.361 e. The van der Waals surface area contributed by atoms with Gasteiger partial charge in [-0.3, -0.25) is 4.79 Å². The van der Waals surface area contributed by atoms with Gasteiger partial charge in [-0.25, -0.2) is 8.42 Å². The quantitative estimate of drug-likeness (QED) is 0.785. The molecule has 1 aliphatic rings. The molecule has 2 aromatic rings. The topological polar surface area (TPSA) is 83.7 Å². The number of sulfonamides is 1. The lowest BCUT2D eigenvalue weighted by atomic mass is 10.3. The van der Waals surface area contributed by atoms with Crippen LogP contribution in [0.1, 0.15) is 16.2 Å². The van der Waals surface area contributed by atoms with Gasteiger partial charge in [0, 0.05) is 37.3 Å². The van der Waals surface area contributed by atoms with Crippen molar-refractivity contribution in [2.24, 2.45) is 0 Å². The third-order valence-electron chi connectivity index (χ3n) is 3.88. The van der Waals surface area contributed by atoms with E-state index in [-0.39, 0.29) is 52.7 Å². The molecule has 1 fully saturated rings. The van der Waals surface area contributed by atoms with Crippen molar-refractivity contribution in [3.05, 3.63) is 45.8 Å². The molecule has 10 heteroatoms. The number of benzene rings is 1. The molecule has 2 heterocycles. The average Bonchev–Trinajstić information content (AvgIpc) is 3.03. The summed E-state index contributed by atoms with van der Waals surface area (Å²) in [5.74, 6) is 0.259. The van der Waals surface area contributed by atoms with E-state index in [9.17, 15) is 13.2 Å². The number of aryl methyl sites for hydroxylation is 1. The molecule has 0 saturated carbocycles. The highest BCUT2D eigenvalue weighted by molar-refractivity contribution is 7.89. The lowest BCUT2D eigenvalue weighted by Crippen LogP contribution is -2.50. The van der Waals surface area contributed by atoms with Gasteiger partial charge in [0.25, 0.3) is 5.91 Å². The smallest absolute Gasteiger partial charge is 0.276 e. The molecule has 1 saturated heterocycles. The predicted molar refractivity (Wildman–Crippen MR) is 92.4 cm³/mol. The highest BCUT2D eigenvalue weighted by Crippen LogP contribution is 2.28. The zero-order valence-corrected chi connectivity index (χ0v) is 15.6. The molecular formula is C15H15Cl2N3O4S. The molecule has 0 spiro atoms. The monoisotopic (exact) mass is 403 g/mol. The van der Waals surface area contributed by atoms with E-state index in [4.69, 9.17) is 27.7 Å². The van der Waals surface area contributed by atoms with E-state index in [0.29, 0.717) is 5.76 Å². The molecule has 1 aromatic heterocycles. The van der Waals surface area contributed by atoms with Gasteiger partial charge in [0.2, 0.25) is 10.0 Å². The molecule has 134 valence electrons. The molecule has 3 rings (SSSR count). The Bertz CT molecular complexity index is 905. The molecule has 1 amide bonds. The van der Waals surface area contributed by atoms with Crippen molar-refractivity contribution in [1.82, 2.24) is 14.4 Å². The Hall–Kier alpha value is -1.61. The molecule has 0 bridgehead atoms. The maximum Gasteiger partial charge on any atom is 0.276 e. The largest absolute Gasteiger partial charge is 0.361 e. The van der Waals surface area contributed by atoms with E-state index in [2.05, 4.69) is 5.16 Å². The van der Waals surface area contributed by atoms with Crippen LogP contribution in [0.15, 0.2) is 33.7 Å². The van der Waals surface area contributed by atoms with Gasteiger partial charge in [0.15, 0.2) is 5.69 Å². The van der Waals surface area contributed by atoms with E-state index >= 15 is 0 Å². The highest BCUT2D eigenvalue weighted by atomic mass is 35.5. The number of piperazine rings is 1. The van der Waals surface area contributed by atoms with Crippen LogP contribution < -0.4 is 0 Å². The number of nitrogens with zero attached hydrogens (tertiary/aromatic N) is 3. The zero-order valence-electron chi connectivity index (χ0n) is 13.3. The van der Waals surface area contributed by atoms with Crippen molar-refractivity contribution in [2.75, 3.05) is 26.2 Å². The van der Waals surface area contributed by atoms with Crippen molar-refractivity contribution in [2.45, 2.75) is 11.8 Å². The van der Waals surface area contributed by atoms with Crippen LogP contribution in [0.25, 0.3) is 0 Å². The number of hydrogen-bond donors (Lipinski definition) is 0. The Kier molecular flexibility index (Phi) is 5.06. The first-order valence-electron chi connectivity index (χ1n) is 7.47. The van der Waals surface area contributed by atoms with Gasteiger partial charge in [-0.1, -0.05) is 28.4 Å². The summed E-state index contributed by atoms with van der Waals surface area (Å²) in [7, 11) is -3.78. The van der Waals surface area contributed by atoms with Gasteiger partial charge >= 0.3 is 0 Å². The average molecular weight is 404 g/mol. The molecule has 7 nitrogen and oxygen atoms in total. The molecule has 0 radical (unpaired) electrons. The van der Waals surface area contributed by atoms with Gasteiger partial charge in [-0.05, 0) is 25.1 Å². The third kappa shape index (κ3) is 3.67. The Morgan fingerprint density at radius 1 is 1.16 bits per heavy atom. The van der Waals surface area contributed by atoms with Gasteiger partial charge in [-0.15, -0.1) is 0 Å². The zero-order chi connectivity index (χ0) is 18.2. The van der Waals surface area contributed by atoms with Crippen molar-refractivity contribution in [1.29, 1.82) is 0 Å². The number of aromatic nitrogens is 1. The van der Waals surface area contributed by atoms with Gasteiger partial charge in [0.05, 0.1) is 5.02 Å². The van der Waals surface area contributed by atoms with Crippen LogP contribution >= 0.6 is 23.2 Å². The second kappa shape index (κ2) is 6.95. The van der Waals surface area contributed by atoms with Crippen molar-refractivity contribution < 1.29 is 17.7 Å². The fourth-order valence-electron chi connectivity index (χ4n) is 2.57.